The molecule has 1 aliphatic heterocycles. The van der Waals surface area contributed by atoms with E-state index in [4.69, 9.17) is 0 Å². The number of hydrogen-bond acceptors (Lipinski definition) is 2. The van der Waals surface area contributed by atoms with Gasteiger partial charge < -0.3 is 5.32 Å². The van der Waals surface area contributed by atoms with E-state index in [9.17, 15) is 4.39 Å². The molecule has 0 aliphatic carbocycles. The first-order chi connectivity index (χ1) is 5.66. The van der Waals surface area contributed by atoms with Gasteiger partial charge in [-0.1, -0.05) is 0 Å². The van der Waals surface area contributed by atoms with Crippen LogP contribution in [0, 0.1) is 0 Å². The molecule has 1 aliphatic rings. The van der Waals surface area contributed by atoms with Crippen molar-refractivity contribution in [2.24, 2.45) is 0 Å². The molecule has 0 aromatic heterocycles. The summed E-state index contributed by atoms with van der Waals surface area (Å²) in [4.78, 5) is 2.35. The van der Waals surface area contributed by atoms with Crippen LogP contribution in [-0.4, -0.2) is 42.8 Å². The number of rotatable bonds is 2. The molecule has 1 N–H and O–H groups in total. The van der Waals surface area contributed by atoms with Crippen molar-refractivity contribution in [1.29, 1.82) is 0 Å². The van der Waals surface area contributed by atoms with Crippen molar-refractivity contribution in [1.82, 2.24) is 10.2 Å². The highest BCUT2D eigenvalue weighted by molar-refractivity contribution is 4.87. The van der Waals surface area contributed by atoms with Gasteiger partial charge in [0.25, 0.3) is 0 Å². The topological polar surface area (TPSA) is 15.3 Å². The Morgan fingerprint density at radius 2 is 2.25 bits per heavy atom. The molecule has 72 valence electrons. The lowest BCUT2D eigenvalue weighted by atomic mass is 10.1. The van der Waals surface area contributed by atoms with E-state index in [2.05, 4.69) is 31.0 Å². The Bertz CT molecular complexity index is 138. The molecule has 1 saturated heterocycles. The largest absolute Gasteiger partial charge is 0.309 e. The van der Waals surface area contributed by atoms with E-state index in [1.165, 1.54) is 0 Å². The molecule has 2 atom stereocenters. The summed E-state index contributed by atoms with van der Waals surface area (Å²) in [6.07, 6.45) is 0. The van der Waals surface area contributed by atoms with Crippen LogP contribution >= 0.6 is 0 Å². The normalized spacial score (nSPS) is 32.8. The molecule has 1 rings (SSSR count). The Labute approximate surface area is 74.1 Å². The van der Waals surface area contributed by atoms with E-state index in [-0.39, 0.29) is 12.7 Å². The Balaban J connectivity index is 2.53. The van der Waals surface area contributed by atoms with E-state index in [1.807, 2.05) is 0 Å². The third kappa shape index (κ3) is 1.96. The molecule has 0 radical (unpaired) electrons. The highest BCUT2D eigenvalue weighted by Crippen LogP contribution is 2.12. The molecule has 1 heterocycles. The van der Waals surface area contributed by atoms with Gasteiger partial charge in [-0.05, 0) is 20.8 Å². The van der Waals surface area contributed by atoms with Crippen molar-refractivity contribution < 1.29 is 4.39 Å². The second kappa shape index (κ2) is 4.19. The van der Waals surface area contributed by atoms with Crippen LogP contribution in [-0.2, 0) is 0 Å². The number of nitrogens with one attached hydrogen (secondary N) is 1. The van der Waals surface area contributed by atoms with E-state index >= 15 is 0 Å². The van der Waals surface area contributed by atoms with Gasteiger partial charge in [0.1, 0.15) is 6.67 Å². The summed E-state index contributed by atoms with van der Waals surface area (Å²) >= 11 is 0. The number of piperazine rings is 1. The monoisotopic (exact) mass is 174 g/mol. The number of alkyl halides is 1. The summed E-state index contributed by atoms with van der Waals surface area (Å²) in [6, 6.07) is 0.876. The van der Waals surface area contributed by atoms with Crippen LogP contribution < -0.4 is 5.32 Å². The third-order valence-corrected chi connectivity index (χ3v) is 2.71. The van der Waals surface area contributed by atoms with E-state index < -0.39 is 0 Å². The number of hydrogen-bond donors (Lipinski definition) is 1. The molecule has 0 aromatic carbocycles. The first kappa shape index (κ1) is 9.93. The molecule has 0 saturated carbocycles. The van der Waals surface area contributed by atoms with Gasteiger partial charge in [-0.2, -0.15) is 0 Å². The summed E-state index contributed by atoms with van der Waals surface area (Å²) in [5.74, 6) is 0. The summed E-state index contributed by atoms with van der Waals surface area (Å²) in [7, 11) is 0. The van der Waals surface area contributed by atoms with Gasteiger partial charge >= 0.3 is 0 Å². The van der Waals surface area contributed by atoms with Gasteiger partial charge in [0, 0.05) is 25.2 Å². The lowest BCUT2D eigenvalue weighted by Crippen LogP contribution is -2.59. The Hall–Kier alpha value is -0.150. The van der Waals surface area contributed by atoms with E-state index in [1.54, 1.807) is 0 Å². The zero-order chi connectivity index (χ0) is 9.14. The lowest BCUT2D eigenvalue weighted by Gasteiger charge is -2.41. The summed E-state index contributed by atoms with van der Waals surface area (Å²) in [6.45, 7) is 8.11. The molecule has 1 fully saturated rings. The summed E-state index contributed by atoms with van der Waals surface area (Å²) < 4.78 is 12.5. The standard InChI is InChI=1S/C9H19FN2/c1-7(2)12-5-4-11-9(6-10)8(12)3/h7-9,11H,4-6H2,1-3H3/t8-,9-/m1/s1. The van der Waals surface area contributed by atoms with Crippen LogP contribution in [0.3, 0.4) is 0 Å². The zero-order valence-electron chi connectivity index (χ0n) is 8.18. The maximum atomic E-state index is 12.5. The zero-order valence-corrected chi connectivity index (χ0v) is 8.18. The van der Waals surface area contributed by atoms with Crippen LogP contribution in [0.15, 0.2) is 0 Å². The van der Waals surface area contributed by atoms with Crippen LogP contribution in [0.25, 0.3) is 0 Å². The SMILES string of the molecule is CC(C)N1CCN[C@H](CF)[C@H]1C. The number of nitrogens with zero attached hydrogens (tertiary/aromatic N) is 1. The molecule has 0 aromatic rings. The maximum Gasteiger partial charge on any atom is 0.106 e. The molecular formula is C9H19FN2. The summed E-state index contributed by atoms with van der Waals surface area (Å²) in [5.41, 5.74) is 0. The minimum Gasteiger partial charge on any atom is -0.309 e. The van der Waals surface area contributed by atoms with Crippen molar-refractivity contribution in [3.05, 3.63) is 0 Å². The Kier molecular flexibility index (Phi) is 3.47. The first-order valence-electron chi connectivity index (χ1n) is 4.72. The fourth-order valence-corrected chi connectivity index (χ4v) is 1.90. The van der Waals surface area contributed by atoms with Gasteiger partial charge in [0.2, 0.25) is 0 Å². The average Bonchev–Trinajstić information content (AvgIpc) is 2.04. The molecule has 12 heavy (non-hydrogen) atoms. The summed E-state index contributed by atoms with van der Waals surface area (Å²) in [5, 5.41) is 3.19. The third-order valence-electron chi connectivity index (χ3n) is 2.71. The second-order valence-corrected chi connectivity index (χ2v) is 3.79. The minimum absolute atomic E-state index is 0.0288. The van der Waals surface area contributed by atoms with Gasteiger partial charge in [0.05, 0.1) is 6.04 Å². The van der Waals surface area contributed by atoms with E-state index in [0.29, 0.717) is 12.1 Å². The molecule has 2 nitrogen and oxygen atoms in total. The van der Waals surface area contributed by atoms with Crippen molar-refractivity contribution in [2.45, 2.75) is 38.9 Å². The van der Waals surface area contributed by atoms with Crippen molar-refractivity contribution in [2.75, 3.05) is 19.8 Å². The van der Waals surface area contributed by atoms with Gasteiger partial charge in [-0.25, -0.2) is 4.39 Å². The quantitative estimate of drug-likeness (QED) is 0.672. The van der Waals surface area contributed by atoms with Gasteiger partial charge in [-0.3, -0.25) is 4.90 Å². The highest BCUT2D eigenvalue weighted by atomic mass is 19.1. The predicted octanol–water partition coefficient (Wildman–Crippen LogP) is 1.03. The molecule has 0 unspecified atom stereocenters. The number of halogens is 1. The van der Waals surface area contributed by atoms with Crippen LogP contribution in [0.5, 0.6) is 0 Å². The first-order valence-corrected chi connectivity index (χ1v) is 4.72. The minimum atomic E-state index is -0.260. The predicted molar refractivity (Wildman–Crippen MR) is 49.1 cm³/mol. The van der Waals surface area contributed by atoms with Gasteiger partial charge in [0.15, 0.2) is 0 Å². The highest BCUT2D eigenvalue weighted by Gasteiger charge is 2.28. The Morgan fingerprint density at radius 3 is 2.75 bits per heavy atom. The Morgan fingerprint density at radius 1 is 1.58 bits per heavy atom. The van der Waals surface area contributed by atoms with Crippen molar-refractivity contribution in [3.8, 4) is 0 Å². The van der Waals surface area contributed by atoms with Crippen LogP contribution in [0.2, 0.25) is 0 Å². The second-order valence-electron chi connectivity index (χ2n) is 3.79. The van der Waals surface area contributed by atoms with Crippen LogP contribution in [0.4, 0.5) is 4.39 Å². The van der Waals surface area contributed by atoms with E-state index in [0.717, 1.165) is 13.1 Å². The average molecular weight is 174 g/mol. The molecular weight excluding hydrogens is 155 g/mol. The smallest absolute Gasteiger partial charge is 0.106 e. The fourth-order valence-electron chi connectivity index (χ4n) is 1.90. The van der Waals surface area contributed by atoms with Crippen molar-refractivity contribution in [3.63, 3.8) is 0 Å². The molecule has 0 amide bonds. The van der Waals surface area contributed by atoms with Gasteiger partial charge in [-0.15, -0.1) is 0 Å². The molecule has 0 spiro atoms. The lowest BCUT2D eigenvalue weighted by molar-refractivity contribution is 0.0881. The molecule has 0 bridgehead atoms. The molecule has 3 heteroatoms. The maximum absolute atomic E-state index is 12.5. The van der Waals surface area contributed by atoms with Crippen LogP contribution in [0.1, 0.15) is 20.8 Å². The fraction of sp³-hybridized carbons (Fsp3) is 1.00. The van der Waals surface area contributed by atoms with Crippen molar-refractivity contribution >= 4 is 0 Å².